The third kappa shape index (κ3) is 3.48. The molecule has 0 aliphatic rings. The topological polar surface area (TPSA) is 131 Å². The minimum absolute atomic E-state index is 0.0413. The van der Waals surface area contributed by atoms with E-state index in [0.29, 0.717) is 11.3 Å². The predicted molar refractivity (Wildman–Crippen MR) is 122 cm³/mol. The van der Waals surface area contributed by atoms with E-state index in [1.807, 2.05) is 41.8 Å². The Kier molecular flexibility index (Phi) is 4.87. The molecule has 160 valence electrons. The molecule has 0 saturated carbocycles. The summed E-state index contributed by atoms with van der Waals surface area (Å²) in [5.74, 6) is -1.23. The van der Waals surface area contributed by atoms with Gasteiger partial charge in [0, 0.05) is 23.5 Å². The predicted octanol–water partition coefficient (Wildman–Crippen LogP) is 3.90. The number of rotatable bonds is 6. The van der Waals surface area contributed by atoms with Crippen LogP contribution in [0.3, 0.4) is 0 Å². The zero-order valence-corrected chi connectivity index (χ0v) is 17.4. The maximum absolute atomic E-state index is 13.1. The summed E-state index contributed by atoms with van der Waals surface area (Å²) in [7, 11) is 0. The minimum atomic E-state index is -1.14. The number of H-pyrrole nitrogens is 2. The monoisotopic (exact) mass is 446 g/mol. The van der Waals surface area contributed by atoms with E-state index in [-0.39, 0.29) is 23.3 Å². The van der Waals surface area contributed by atoms with E-state index in [2.05, 4.69) is 20.3 Å². The number of aromatic nitrogens is 3. The van der Waals surface area contributed by atoms with Crippen molar-refractivity contribution in [1.29, 1.82) is 0 Å². The van der Waals surface area contributed by atoms with Crippen molar-refractivity contribution in [2.24, 2.45) is 0 Å². The Hall–Kier alpha value is -4.11. The fraction of sp³-hybridized carbons (Fsp3) is 0.0870. The molecule has 0 unspecified atom stereocenters. The number of fused-ring (bicyclic) bond motifs is 2. The molecule has 2 aromatic carbocycles. The molecule has 0 radical (unpaired) electrons. The molecule has 9 heteroatoms. The van der Waals surface area contributed by atoms with Crippen molar-refractivity contribution in [3.05, 3.63) is 71.2 Å². The van der Waals surface area contributed by atoms with Gasteiger partial charge in [0.2, 0.25) is 0 Å². The van der Waals surface area contributed by atoms with Crippen molar-refractivity contribution in [3.8, 4) is 16.5 Å². The molecule has 0 bridgehead atoms. The van der Waals surface area contributed by atoms with Crippen molar-refractivity contribution in [2.45, 2.75) is 12.5 Å². The minimum Gasteiger partial charge on any atom is -0.506 e. The molecule has 0 spiro atoms. The zero-order valence-electron chi connectivity index (χ0n) is 16.6. The highest BCUT2D eigenvalue weighted by atomic mass is 32.1. The van der Waals surface area contributed by atoms with Gasteiger partial charge < -0.3 is 25.5 Å². The fourth-order valence-corrected chi connectivity index (χ4v) is 4.42. The van der Waals surface area contributed by atoms with Gasteiger partial charge in [0.15, 0.2) is 0 Å². The van der Waals surface area contributed by atoms with Crippen LogP contribution in [0, 0.1) is 0 Å². The van der Waals surface area contributed by atoms with Crippen LogP contribution in [-0.4, -0.2) is 43.1 Å². The highest BCUT2D eigenvalue weighted by Gasteiger charge is 2.25. The SMILES string of the molecule is O=C(N[C@@H](Cc1c[nH]c2ccccc12)C(=O)O)c1ccc(O)c2[nH]c(-c3cccs3)nc12. The second-order valence-electron chi connectivity index (χ2n) is 7.35. The summed E-state index contributed by atoms with van der Waals surface area (Å²) in [6.45, 7) is 0. The van der Waals surface area contributed by atoms with E-state index in [4.69, 9.17) is 0 Å². The smallest absolute Gasteiger partial charge is 0.326 e. The van der Waals surface area contributed by atoms with E-state index in [9.17, 15) is 19.8 Å². The van der Waals surface area contributed by atoms with Crippen LogP contribution < -0.4 is 5.32 Å². The van der Waals surface area contributed by atoms with Crippen molar-refractivity contribution in [3.63, 3.8) is 0 Å². The number of carboxylic acid groups (broad SMARTS) is 1. The Balaban J connectivity index is 1.46. The van der Waals surface area contributed by atoms with Crippen LogP contribution in [0.2, 0.25) is 0 Å². The van der Waals surface area contributed by atoms with E-state index in [0.717, 1.165) is 21.3 Å². The van der Waals surface area contributed by atoms with E-state index >= 15 is 0 Å². The largest absolute Gasteiger partial charge is 0.506 e. The van der Waals surface area contributed by atoms with Crippen LogP contribution in [0.5, 0.6) is 5.75 Å². The van der Waals surface area contributed by atoms with Gasteiger partial charge in [0.1, 0.15) is 28.6 Å². The molecule has 5 N–H and O–H groups in total. The van der Waals surface area contributed by atoms with Gasteiger partial charge in [-0.3, -0.25) is 4.79 Å². The molecule has 1 atom stereocenters. The van der Waals surface area contributed by atoms with Gasteiger partial charge >= 0.3 is 5.97 Å². The van der Waals surface area contributed by atoms with Crippen LogP contribution in [-0.2, 0) is 11.2 Å². The summed E-state index contributed by atoms with van der Waals surface area (Å²) in [4.78, 5) is 36.5. The normalized spacial score (nSPS) is 12.2. The number of carbonyl (C=O) groups excluding carboxylic acids is 1. The van der Waals surface area contributed by atoms with E-state index in [1.165, 1.54) is 23.5 Å². The number of aromatic hydroxyl groups is 1. The van der Waals surface area contributed by atoms with Crippen molar-refractivity contribution in [1.82, 2.24) is 20.3 Å². The number of hydrogen-bond donors (Lipinski definition) is 5. The van der Waals surface area contributed by atoms with Gasteiger partial charge in [-0.15, -0.1) is 11.3 Å². The first-order chi connectivity index (χ1) is 15.5. The molecule has 0 aliphatic heterocycles. The lowest BCUT2D eigenvalue weighted by Gasteiger charge is -2.14. The summed E-state index contributed by atoms with van der Waals surface area (Å²) in [5.41, 5.74) is 2.48. The number of carbonyl (C=O) groups is 2. The number of thiophene rings is 1. The van der Waals surface area contributed by atoms with Gasteiger partial charge in [-0.05, 0) is 35.2 Å². The first kappa shape index (κ1) is 19.8. The Bertz CT molecular complexity index is 1450. The lowest BCUT2D eigenvalue weighted by molar-refractivity contribution is -0.139. The number of phenols is 1. The molecule has 0 fully saturated rings. The first-order valence-corrected chi connectivity index (χ1v) is 10.7. The van der Waals surface area contributed by atoms with Gasteiger partial charge in [0.25, 0.3) is 5.91 Å². The zero-order chi connectivity index (χ0) is 22.2. The molecule has 32 heavy (non-hydrogen) atoms. The number of phenolic OH excluding ortho intramolecular Hbond substituents is 1. The lowest BCUT2D eigenvalue weighted by atomic mass is 10.0. The number of benzene rings is 2. The van der Waals surface area contributed by atoms with Crippen LogP contribution in [0.15, 0.2) is 60.1 Å². The molecule has 5 rings (SSSR count). The fourth-order valence-electron chi connectivity index (χ4n) is 3.75. The number of aromatic amines is 2. The molecule has 3 aromatic heterocycles. The summed E-state index contributed by atoms with van der Waals surface area (Å²) < 4.78 is 0. The standard InChI is InChI=1S/C23H18N4O4S/c28-17-8-7-14(19-20(17)27-21(26-19)18-6-3-9-32-18)22(29)25-16(23(30)31)10-12-11-24-15-5-2-1-4-13(12)15/h1-9,11,16,24,28H,10H2,(H,25,29)(H,26,27)(H,30,31)/t16-/m0/s1. The van der Waals surface area contributed by atoms with Crippen LogP contribution in [0.25, 0.3) is 32.6 Å². The maximum Gasteiger partial charge on any atom is 0.326 e. The molecule has 1 amide bonds. The molecule has 8 nitrogen and oxygen atoms in total. The summed E-state index contributed by atoms with van der Waals surface area (Å²) >= 11 is 1.47. The third-order valence-electron chi connectivity index (χ3n) is 5.32. The Morgan fingerprint density at radius 2 is 1.97 bits per heavy atom. The average molecular weight is 446 g/mol. The van der Waals surface area contributed by atoms with Gasteiger partial charge in [0.05, 0.1) is 10.4 Å². The highest BCUT2D eigenvalue weighted by Crippen LogP contribution is 2.31. The van der Waals surface area contributed by atoms with Gasteiger partial charge in [-0.2, -0.15) is 0 Å². The summed E-state index contributed by atoms with van der Waals surface area (Å²) in [5, 5.41) is 25.4. The molecule has 3 heterocycles. The molecule has 0 aliphatic carbocycles. The van der Waals surface area contributed by atoms with Crippen LogP contribution in [0.4, 0.5) is 0 Å². The maximum atomic E-state index is 13.1. The third-order valence-corrected chi connectivity index (χ3v) is 6.20. The quantitative estimate of drug-likeness (QED) is 0.270. The first-order valence-electron chi connectivity index (χ1n) is 9.85. The second-order valence-corrected chi connectivity index (χ2v) is 8.29. The highest BCUT2D eigenvalue weighted by molar-refractivity contribution is 7.13. The molecular formula is C23H18N4O4S. The molecular weight excluding hydrogens is 428 g/mol. The van der Waals surface area contributed by atoms with Gasteiger partial charge in [-0.1, -0.05) is 24.3 Å². The number of aliphatic carboxylic acids is 1. The van der Waals surface area contributed by atoms with Crippen molar-refractivity contribution < 1.29 is 19.8 Å². The van der Waals surface area contributed by atoms with Crippen LogP contribution in [0.1, 0.15) is 15.9 Å². The number of imidazole rings is 1. The van der Waals surface area contributed by atoms with Crippen molar-refractivity contribution in [2.75, 3.05) is 0 Å². The second kappa shape index (κ2) is 7.86. The average Bonchev–Trinajstić information content (AvgIpc) is 3.53. The number of para-hydroxylation sites is 1. The Labute approximate surface area is 185 Å². The van der Waals surface area contributed by atoms with Crippen molar-refractivity contribution >= 4 is 45.1 Å². The number of amides is 1. The Morgan fingerprint density at radius 1 is 1.12 bits per heavy atom. The lowest BCUT2D eigenvalue weighted by Crippen LogP contribution is -2.42. The summed E-state index contributed by atoms with van der Waals surface area (Å²) in [6, 6.07) is 13.0. The van der Waals surface area contributed by atoms with E-state index < -0.39 is 17.9 Å². The number of hydrogen-bond acceptors (Lipinski definition) is 5. The number of carboxylic acids is 1. The van der Waals surface area contributed by atoms with Crippen LogP contribution >= 0.6 is 11.3 Å². The Morgan fingerprint density at radius 3 is 2.75 bits per heavy atom. The molecule has 5 aromatic rings. The van der Waals surface area contributed by atoms with E-state index in [1.54, 1.807) is 6.20 Å². The number of nitrogens with one attached hydrogen (secondary N) is 3. The van der Waals surface area contributed by atoms with Gasteiger partial charge in [-0.25, -0.2) is 9.78 Å². The molecule has 0 saturated heterocycles. The number of nitrogens with zero attached hydrogens (tertiary/aromatic N) is 1. The summed E-state index contributed by atoms with van der Waals surface area (Å²) in [6.07, 6.45) is 1.87.